The summed E-state index contributed by atoms with van der Waals surface area (Å²) in [6, 6.07) is 14.7. The first-order valence-corrected chi connectivity index (χ1v) is 9.23. The third-order valence-electron chi connectivity index (χ3n) is 4.34. The van der Waals surface area contributed by atoms with E-state index in [2.05, 4.69) is 15.3 Å². The van der Waals surface area contributed by atoms with E-state index in [1.807, 2.05) is 13.0 Å². The smallest absolute Gasteiger partial charge is 0.259 e. The Bertz CT molecular complexity index is 1160. The van der Waals surface area contributed by atoms with Crippen LogP contribution in [0, 0.1) is 12.7 Å². The standard InChI is InChI=1S/C23H18FN3O3/c1-15-2-7-21(20(12-15)22(28)26-18-8-10-25-11-9-18)29-13-19-14-30-23(27-19)16-3-5-17(24)6-4-16/h2-12,14H,13H2,1H3,(H,25,26,28). The number of hydrogen-bond donors (Lipinski definition) is 1. The fourth-order valence-electron chi connectivity index (χ4n) is 2.83. The molecule has 4 aromatic rings. The van der Waals surface area contributed by atoms with E-state index in [9.17, 15) is 9.18 Å². The molecule has 1 N–H and O–H groups in total. The largest absolute Gasteiger partial charge is 0.486 e. The van der Waals surface area contributed by atoms with Crippen molar-refractivity contribution < 1.29 is 18.3 Å². The van der Waals surface area contributed by atoms with Crippen molar-refractivity contribution in [2.24, 2.45) is 0 Å². The summed E-state index contributed by atoms with van der Waals surface area (Å²) in [6.07, 6.45) is 4.68. The van der Waals surface area contributed by atoms with Gasteiger partial charge in [-0.25, -0.2) is 9.37 Å². The molecule has 4 rings (SSSR count). The minimum atomic E-state index is -0.328. The topological polar surface area (TPSA) is 77.2 Å². The van der Waals surface area contributed by atoms with Crippen LogP contribution in [0.25, 0.3) is 11.5 Å². The van der Waals surface area contributed by atoms with Gasteiger partial charge in [0.1, 0.15) is 30.1 Å². The van der Waals surface area contributed by atoms with E-state index in [0.29, 0.717) is 34.1 Å². The van der Waals surface area contributed by atoms with Crippen LogP contribution in [-0.4, -0.2) is 15.9 Å². The summed E-state index contributed by atoms with van der Waals surface area (Å²) in [7, 11) is 0. The molecule has 0 saturated heterocycles. The lowest BCUT2D eigenvalue weighted by Gasteiger charge is -2.12. The first-order chi connectivity index (χ1) is 14.6. The minimum Gasteiger partial charge on any atom is -0.486 e. The van der Waals surface area contributed by atoms with Crippen LogP contribution < -0.4 is 10.1 Å². The molecule has 0 radical (unpaired) electrons. The number of carbonyl (C=O) groups is 1. The second kappa shape index (κ2) is 8.57. The van der Waals surface area contributed by atoms with E-state index >= 15 is 0 Å². The fraction of sp³-hybridized carbons (Fsp3) is 0.0870. The molecule has 6 nitrogen and oxygen atoms in total. The van der Waals surface area contributed by atoms with Gasteiger partial charge in [-0.3, -0.25) is 9.78 Å². The van der Waals surface area contributed by atoms with Gasteiger partial charge in [-0.1, -0.05) is 11.6 Å². The lowest BCUT2D eigenvalue weighted by Crippen LogP contribution is -2.14. The Labute approximate surface area is 172 Å². The fourth-order valence-corrected chi connectivity index (χ4v) is 2.83. The number of oxazole rings is 1. The molecular weight excluding hydrogens is 385 g/mol. The molecule has 0 aliphatic carbocycles. The van der Waals surface area contributed by atoms with Crippen molar-refractivity contribution in [3.63, 3.8) is 0 Å². The highest BCUT2D eigenvalue weighted by atomic mass is 19.1. The lowest BCUT2D eigenvalue weighted by atomic mass is 10.1. The molecule has 2 aromatic carbocycles. The summed E-state index contributed by atoms with van der Waals surface area (Å²) in [5, 5.41) is 2.83. The number of aryl methyl sites for hydroxylation is 1. The molecule has 150 valence electrons. The highest BCUT2D eigenvalue weighted by Gasteiger charge is 2.15. The zero-order valence-electron chi connectivity index (χ0n) is 16.1. The van der Waals surface area contributed by atoms with Crippen molar-refractivity contribution in [3.05, 3.63) is 95.9 Å². The van der Waals surface area contributed by atoms with Gasteiger partial charge in [-0.05, 0) is 55.5 Å². The summed E-state index contributed by atoms with van der Waals surface area (Å²) in [5.41, 5.74) is 3.20. The van der Waals surface area contributed by atoms with Crippen LogP contribution >= 0.6 is 0 Å². The number of nitrogens with zero attached hydrogens (tertiary/aromatic N) is 2. The van der Waals surface area contributed by atoms with Crippen LogP contribution in [-0.2, 0) is 6.61 Å². The number of hydrogen-bond acceptors (Lipinski definition) is 5. The Balaban J connectivity index is 1.49. The molecule has 0 aliphatic heterocycles. The van der Waals surface area contributed by atoms with E-state index in [-0.39, 0.29) is 18.3 Å². The number of amides is 1. The number of aromatic nitrogens is 2. The number of carbonyl (C=O) groups excluding carboxylic acids is 1. The second-order valence-electron chi connectivity index (χ2n) is 6.63. The normalized spacial score (nSPS) is 10.6. The Hall–Kier alpha value is -4.00. The molecule has 2 heterocycles. The van der Waals surface area contributed by atoms with E-state index in [1.165, 1.54) is 18.4 Å². The lowest BCUT2D eigenvalue weighted by molar-refractivity contribution is 0.102. The highest BCUT2D eigenvalue weighted by Crippen LogP contribution is 2.24. The maximum Gasteiger partial charge on any atom is 0.259 e. The molecule has 0 atom stereocenters. The number of rotatable bonds is 6. The van der Waals surface area contributed by atoms with E-state index < -0.39 is 0 Å². The Kier molecular flexibility index (Phi) is 5.52. The van der Waals surface area contributed by atoms with Crippen molar-refractivity contribution in [2.75, 3.05) is 5.32 Å². The number of pyridine rings is 1. The van der Waals surface area contributed by atoms with E-state index in [0.717, 1.165) is 5.56 Å². The third-order valence-corrected chi connectivity index (χ3v) is 4.34. The average molecular weight is 403 g/mol. The first-order valence-electron chi connectivity index (χ1n) is 9.23. The molecule has 0 bridgehead atoms. The molecule has 0 fully saturated rings. The maximum atomic E-state index is 13.1. The second-order valence-corrected chi connectivity index (χ2v) is 6.63. The first kappa shape index (κ1) is 19.3. The molecule has 2 aromatic heterocycles. The Morgan fingerprint density at radius 1 is 1.10 bits per heavy atom. The van der Waals surface area contributed by atoms with Gasteiger partial charge in [-0.15, -0.1) is 0 Å². The van der Waals surface area contributed by atoms with Gasteiger partial charge in [0.2, 0.25) is 5.89 Å². The quantitative estimate of drug-likeness (QED) is 0.489. The van der Waals surface area contributed by atoms with Gasteiger partial charge in [0.25, 0.3) is 5.91 Å². The monoisotopic (exact) mass is 403 g/mol. The zero-order chi connectivity index (χ0) is 20.9. The van der Waals surface area contributed by atoms with Crippen LogP contribution in [0.4, 0.5) is 10.1 Å². The predicted molar refractivity (Wildman–Crippen MR) is 110 cm³/mol. The molecule has 0 saturated carbocycles. The maximum absolute atomic E-state index is 13.1. The summed E-state index contributed by atoms with van der Waals surface area (Å²) in [6.45, 7) is 2.02. The SMILES string of the molecule is Cc1ccc(OCc2coc(-c3ccc(F)cc3)n2)c(C(=O)Nc2ccncc2)c1. The van der Waals surface area contributed by atoms with Crippen LogP contribution in [0.1, 0.15) is 21.6 Å². The molecule has 7 heteroatoms. The average Bonchev–Trinajstić information content (AvgIpc) is 3.23. The third kappa shape index (κ3) is 4.52. The molecule has 30 heavy (non-hydrogen) atoms. The number of halogens is 1. The number of ether oxygens (including phenoxy) is 1. The van der Waals surface area contributed by atoms with Gasteiger partial charge in [0.05, 0.1) is 5.56 Å². The summed E-state index contributed by atoms with van der Waals surface area (Å²) >= 11 is 0. The molecular formula is C23H18FN3O3. The van der Waals surface area contributed by atoms with Gasteiger partial charge >= 0.3 is 0 Å². The van der Waals surface area contributed by atoms with Crippen molar-refractivity contribution in [2.45, 2.75) is 13.5 Å². The minimum absolute atomic E-state index is 0.114. The van der Waals surface area contributed by atoms with Crippen LogP contribution in [0.3, 0.4) is 0 Å². The highest BCUT2D eigenvalue weighted by molar-refractivity contribution is 6.06. The Morgan fingerprint density at radius 2 is 1.87 bits per heavy atom. The number of nitrogens with one attached hydrogen (secondary N) is 1. The van der Waals surface area contributed by atoms with Crippen molar-refractivity contribution in [3.8, 4) is 17.2 Å². The molecule has 1 amide bonds. The van der Waals surface area contributed by atoms with Gasteiger partial charge in [0, 0.05) is 23.6 Å². The van der Waals surface area contributed by atoms with Gasteiger partial charge in [0.15, 0.2) is 0 Å². The summed E-state index contributed by atoms with van der Waals surface area (Å²) in [4.78, 5) is 21.0. The van der Waals surface area contributed by atoms with E-state index in [4.69, 9.17) is 9.15 Å². The predicted octanol–water partition coefficient (Wildman–Crippen LogP) is 5.02. The molecule has 0 unspecified atom stereocenters. The Morgan fingerprint density at radius 3 is 2.63 bits per heavy atom. The van der Waals surface area contributed by atoms with Crippen LogP contribution in [0.2, 0.25) is 0 Å². The number of benzene rings is 2. The molecule has 0 aliphatic rings. The van der Waals surface area contributed by atoms with Gasteiger partial charge < -0.3 is 14.5 Å². The molecule has 0 spiro atoms. The number of anilines is 1. The summed E-state index contributed by atoms with van der Waals surface area (Å²) < 4.78 is 24.4. The van der Waals surface area contributed by atoms with Crippen LogP contribution in [0.5, 0.6) is 5.75 Å². The van der Waals surface area contributed by atoms with Crippen LogP contribution in [0.15, 0.2) is 77.7 Å². The van der Waals surface area contributed by atoms with Crippen molar-refractivity contribution in [1.82, 2.24) is 9.97 Å². The van der Waals surface area contributed by atoms with Crippen molar-refractivity contribution in [1.29, 1.82) is 0 Å². The zero-order valence-corrected chi connectivity index (χ0v) is 16.1. The van der Waals surface area contributed by atoms with Crippen molar-refractivity contribution >= 4 is 11.6 Å². The van der Waals surface area contributed by atoms with Gasteiger partial charge in [-0.2, -0.15) is 0 Å². The summed E-state index contributed by atoms with van der Waals surface area (Å²) in [5.74, 6) is 0.185. The van der Waals surface area contributed by atoms with E-state index in [1.54, 1.807) is 48.8 Å².